The third-order valence-electron chi connectivity index (χ3n) is 3.22. The number of methoxy groups -OCH3 is 1. The first-order chi connectivity index (χ1) is 10.2. The molecule has 1 heterocycles. The smallest absolute Gasteiger partial charge is 0.260 e. The van der Waals surface area contributed by atoms with E-state index in [1.54, 1.807) is 13.2 Å². The van der Waals surface area contributed by atoms with E-state index in [2.05, 4.69) is 10.1 Å². The Morgan fingerprint density at radius 1 is 1.10 bits per heavy atom. The van der Waals surface area contributed by atoms with Crippen molar-refractivity contribution in [3.63, 3.8) is 0 Å². The Morgan fingerprint density at radius 3 is 2.67 bits per heavy atom. The molecule has 5 nitrogen and oxygen atoms in total. The lowest BCUT2D eigenvalue weighted by Crippen LogP contribution is -1.91. The average molecular weight is 281 g/mol. The van der Waals surface area contributed by atoms with E-state index in [1.165, 1.54) is 0 Å². The van der Waals surface area contributed by atoms with Gasteiger partial charge in [-0.2, -0.15) is 4.98 Å². The first-order valence-corrected chi connectivity index (χ1v) is 6.52. The van der Waals surface area contributed by atoms with Crippen molar-refractivity contribution in [2.24, 2.45) is 0 Å². The summed E-state index contributed by atoms with van der Waals surface area (Å²) in [5, 5.41) is 4.02. The Morgan fingerprint density at radius 2 is 1.90 bits per heavy atom. The average Bonchev–Trinajstić information content (AvgIpc) is 2.97. The maximum absolute atomic E-state index is 5.92. The van der Waals surface area contributed by atoms with Crippen molar-refractivity contribution in [2.75, 3.05) is 12.8 Å². The Kier molecular flexibility index (Phi) is 3.31. The van der Waals surface area contributed by atoms with Gasteiger partial charge in [-0.1, -0.05) is 23.4 Å². The molecule has 0 unspecified atom stereocenters. The third kappa shape index (κ3) is 2.45. The number of ether oxygens (including phenoxy) is 1. The Balaban J connectivity index is 2.05. The van der Waals surface area contributed by atoms with Crippen LogP contribution in [0.5, 0.6) is 5.75 Å². The van der Waals surface area contributed by atoms with E-state index in [4.69, 9.17) is 15.0 Å². The van der Waals surface area contributed by atoms with Crippen LogP contribution in [0, 0.1) is 6.92 Å². The van der Waals surface area contributed by atoms with Gasteiger partial charge >= 0.3 is 0 Å². The van der Waals surface area contributed by atoms with Crippen molar-refractivity contribution in [1.82, 2.24) is 10.1 Å². The van der Waals surface area contributed by atoms with Crippen LogP contribution in [0.15, 0.2) is 47.0 Å². The fourth-order valence-electron chi connectivity index (χ4n) is 2.12. The topological polar surface area (TPSA) is 74.2 Å². The first kappa shape index (κ1) is 13.2. The van der Waals surface area contributed by atoms with Crippen LogP contribution in [-0.2, 0) is 0 Å². The summed E-state index contributed by atoms with van der Waals surface area (Å²) in [7, 11) is 1.62. The number of hydrogen-bond donors (Lipinski definition) is 1. The molecule has 0 radical (unpaired) electrons. The molecule has 5 heteroatoms. The molecule has 1 aromatic heterocycles. The molecule has 0 amide bonds. The van der Waals surface area contributed by atoms with Gasteiger partial charge in [-0.15, -0.1) is 0 Å². The molecule has 0 aliphatic carbocycles. The molecule has 106 valence electrons. The summed E-state index contributed by atoms with van der Waals surface area (Å²) in [6.45, 7) is 2.00. The van der Waals surface area contributed by atoms with Gasteiger partial charge in [0.15, 0.2) is 0 Å². The van der Waals surface area contributed by atoms with Crippen LogP contribution in [0.4, 0.5) is 5.69 Å². The highest BCUT2D eigenvalue weighted by Gasteiger charge is 2.15. The number of anilines is 1. The number of nitrogen functional groups attached to an aromatic ring is 1. The van der Waals surface area contributed by atoms with E-state index in [0.717, 1.165) is 16.7 Å². The fourth-order valence-corrected chi connectivity index (χ4v) is 2.12. The van der Waals surface area contributed by atoms with E-state index in [1.807, 2.05) is 43.3 Å². The molecule has 2 aromatic carbocycles. The molecular formula is C16H15N3O2. The molecule has 0 aliphatic rings. The predicted octanol–water partition coefficient (Wildman–Crippen LogP) is 3.30. The Hall–Kier alpha value is -2.82. The van der Waals surface area contributed by atoms with E-state index < -0.39 is 0 Å². The number of aromatic nitrogens is 2. The molecule has 0 fully saturated rings. The van der Waals surface area contributed by atoms with Gasteiger partial charge < -0.3 is 15.0 Å². The number of rotatable bonds is 3. The molecule has 3 rings (SSSR count). The number of nitrogens with two attached hydrogens (primary N) is 1. The molecule has 0 spiro atoms. The lowest BCUT2D eigenvalue weighted by Gasteiger charge is -2.05. The van der Waals surface area contributed by atoms with Crippen LogP contribution < -0.4 is 10.5 Å². The van der Waals surface area contributed by atoms with Crippen LogP contribution in [0.2, 0.25) is 0 Å². The highest BCUT2D eigenvalue weighted by Crippen LogP contribution is 2.31. The van der Waals surface area contributed by atoms with Crippen molar-refractivity contribution in [3.05, 3.63) is 48.0 Å². The van der Waals surface area contributed by atoms with E-state index in [0.29, 0.717) is 23.2 Å². The van der Waals surface area contributed by atoms with Crippen molar-refractivity contribution in [1.29, 1.82) is 0 Å². The summed E-state index contributed by atoms with van der Waals surface area (Å²) >= 11 is 0. The van der Waals surface area contributed by atoms with Gasteiger partial charge in [-0.05, 0) is 36.8 Å². The van der Waals surface area contributed by atoms with Gasteiger partial charge in [0.25, 0.3) is 5.89 Å². The zero-order valence-electron chi connectivity index (χ0n) is 11.8. The van der Waals surface area contributed by atoms with Gasteiger partial charge in [0.2, 0.25) is 5.82 Å². The summed E-state index contributed by atoms with van der Waals surface area (Å²) in [5.41, 5.74) is 9.14. The van der Waals surface area contributed by atoms with Gasteiger partial charge in [0.1, 0.15) is 5.75 Å². The molecule has 0 aliphatic heterocycles. The zero-order chi connectivity index (χ0) is 14.8. The van der Waals surface area contributed by atoms with Crippen molar-refractivity contribution >= 4 is 5.69 Å². The minimum absolute atomic E-state index is 0.394. The fraction of sp³-hybridized carbons (Fsp3) is 0.125. The Bertz CT molecular complexity index is 781. The highest BCUT2D eigenvalue weighted by atomic mass is 16.5. The standard InChI is InChI=1S/C16H15N3O2/c1-10-7-8-12(14(9-10)20-2)15-18-16(21-19-15)11-5-3-4-6-13(11)17/h3-9H,17H2,1-2H3. The molecule has 0 saturated heterocycles. The molecule has 0 atom stereocenters. The van der Waals surface area contributed by atoms with Crippen LogP contribution in [0.25, 0.3) is 22.8 Å². The lowest BCUT2D eigenvalue weighted by molar-refractivity contribution is 0.413. The summed E-state index contributed by atoms with van der Waals surface area (Å²) in [6, 6.07) is 13.2. The van der Waals surface area contributed by atoms with E-state index >= 15 is 0 Å². The van der Waals surface area contributed by atoms with Crippen molar-refractivity contribution in [3.8, 4) is 28.6 Å². The number of hydrogen-bond acceptors (Lipinski definition) is 5. The maximum Gasteiger partial charge on any atom is 0.260 e. The first-order valence-electron chi connectivity index (χ1n) is 6.52. The lowest BCUT2D eigenvalue weighted by atomic mass is 10.1. The number of aryl methyl sites for hydroxylation is 1. The monoisotopic (exact) mass is 281 g/mol. The third-order valence-corrected chi connectivity index (χ3v) is 3.22. The van der Waals surface area contributed by atoms with Gasteiger partial charge in [-0.3, -0.25) is 0 Å². The van der Waals surface area contributed by atoms with Crippen molar-refractivity contribution in [2.45, 2.75) is 6.92 Å². The van der Waals surface area contributed by atoms with E-state index in [-0.39, 0.29) is 0 Å². The van der Waals surface area contributed by atoms with Gasteiger partial charge in [0.05, 0.1) is 18.2 Å². The normalized spacial score (nSPS) is 10.6. The largest absolute Gasteiger partial charge is 0.496 e. The zero-order valence-corrected chi connectivity index (χ0v) is 11.8. The SMILES string of the molecule is COc1cc(C)ccc1-c1noc(-c2ccccc2N)n1. The molecule has 0 bridgehead atoms. The second-order valence-corrected chi connectivity index (χ2v) is 4.71. The second kappa shape index (κ2) is 5.28. The van der Waals surface area contributed by atoms with Crippen LogP contribution in [-0.4, -0.2) is 17.3 Å². The highest BCUT2D eigenvalue weighted by molar-refractivity contribution is 5.72. The van der Waals surface area contributed by atoms with Crippen LogP contribution >= 0.6 is 0 Å². The van der Waals surface area contributed by atoms with Crippen LogP contribution in [0.1, 0.15) is 5.56 Å². The summed E-state index contributed by atoms with van der Waals surface area (Å²) < 4.78 is 10.7. The van der Waals surface area contributed by atoms with Gasteiger partial charge in [-0.25, -0.2) is 0 Å². The molecule has 3 aromatic rings. The summed E-state index contributed by atoms with van der Waals surface area (Å²) in [4.78, 5) is 4.41. The quantitative estimate of drug-likeness (QED) is 0.745. The minimum Gasteiger partial charge on any atom is -0.496 e. The van der Waals surface area contributed by atoms with Crippen LogP contribution in [0.3, 0.4) is 0 Å². The molecule has 21 heavy (non-hydrogen) atoms. The summed E-state index contributed by atoms with van der Waals surface area (Å²) in [5.74, 6) is 1.58. The molecular weight excluding hydrogens is 266 g/mol. The predicted molar refractivity (Wildman–Crippen MR) is 80.9 cm³/mol. The number of benzene rings is 2. The van der Waals surface area contributed by atoms with Gasteiger partial charge in [0, 0.05) is 5.69 Å². The Labute approximate surface area is 122 Å². The minimum atomic E-state index is 0.394. The van der Waals surface area contributed by atoms with Crippen molar-refractivity contribution < 1.29 is 9.26 Å². The molecule has 0 saturated carbocycles. The molecule has 2 N–H and O–H groups in total. The second-order valence-electron chi connectivity index (χ2n) is 4.71. The number of nitrogens with zero attached hydrogens (tertiary/aromatic N) is 2. The summed E-state index contributed by atoms with van der Waals surface area (Å²) in [6.07, 6.45) is 0. The number of para-hydroxylation sites is 1. The van der Waals surface area contributed by atoms with E-state index in [9.17, 15) is 0 Å². The maximum atomic E-state index is 5.92.